The summed E-state index contributed by atoms with van der Waals surface area (Å²) < 4.78 is 0. The third-order valence-corrected chi connectivity index (χ3v) is 3.46. The summed E-state index contributed by atoms with van der Waals surface area (Å²) >= 11 is 0. The van der Waals surface area contributed by atoms with E-state index in [2.05, 4.69) is 17.0 Å². The van der Waals surface area contributed by atoms with Gasteiger partial charge in [0.15, 0.2) is 0 Å². The Morgan fingerprint density at radius 3 is 2.68 bits per heavy atom. The van der Waals surface area contributed by atoms with E-state index in [1.165, 1.54) is 5.56 Å². The molecule has 1 heterocycles. The number of rotatable bonds is 2. The number of nitrogens with zero attached hydrogens (tertiary/aromatic N) is 1. The van der Waals surface area contributed by atoms with Crippen LogP contribution in [0.4, 0.5) is 17.1 Å². The smallest absolute Gasteiger partial charge is 0.250 e. The molecule has 0 unspecified atom stereocenters. The second kappa shape index (κ2) is 4.31. The quantitative estimate of drug-likeness (QED) is 0.805. The highest BCUT2D eigenvalue weighted by Crippen LogP contribution is 2.36. The second-order valence-electron chi connectivity index (χ2n) is 4.67. The lowest BCUT2D eigenvalue weighted by Gasteiger charge is -2.22. The molecular weight excluding hydrogens is 238 g/mol. The average Bonchev–Trinajstić information content (AvgIpc) is 2.82. The highest BCUT2D eigenvalue weighted by molar-refractivity contribution is 6.00. The summed E-state index contributed by atoms with van der Waals surface area (Å²) in [5, 5.41) is 0. The van der Waals surface area contributed by atoms with Gasteiger partial charge in [-0.15, -0.1) is 0 Å². The largest absolute Gasteiger partial charge is 0.399 e. The molecule has 4 nitrogen and oxygen atoms in total. The minimum Gasteiger partial charge on any atom is -0.399 e. The van der Waals surface area contributed by atoms with Crippen LogP contribution in [0, 0.1) is 0 Å². The zero-order valence-corrected chi connectivity index (χ0v) is 10.5. The summed E-state index contributed by atoms with van der Waals surface area (Å²) in [6, 6.07) is 13.5. The second-order valence-corrected chi connectivity index (χ2v) is 4.67. The molecule has 0 aromatic heterocycles. The molecule has 1 amide bonds. The zero-order valence-electron chi connectivity index (χ0n) is 10.5. The molecule has 4 heteroatoms. The number of nitrogen functional groups attached to an aromatic ring is 1. The van der Waals surface area contributed by atoms with Gasteiger partial charge in [-0.25, -0.2) is 0 Å². The van der Waals surface area contributed by atoms with Crippen LogP contribution in [-0.2, 0) is 6.42 Å². The first-order valence-electron chi connectivity index (χ1n) is 6.21. The van der Waals surface area contributed by atoms with Gasteiger partial charge in [0.05, 0.1) is 11.3 Å². The van der Waals surface area contributed by atoms with Crippen LogP contribution in [0.1, 0.15) is 15.9 Å². The minimum absolute atomic E-state index is 0.452. The lowest BCUT2D eigenvalue weighted by molar-refractivity contribution is 0.100. The highest BCUT2D eigenvalue weighted by Gasteiger charge is 2.23. The van der Waals surface area contributed by atoms with Gasteiger partial charge in [0.2, 0.25) is 0 Å². The van der Waals surface area contributed by atoms with E-state index in [0.717, 1.165) is 24.3 Å². The van der Waals surface area contributed by atoms with Gasteiger partial charge in [0, 0.05) is 17.9 Å². The number of amides is 1. The number of carbonyl (C=O) groups excluding carboxylic acids is 1. The van der Waals surface area contributed by atoms with E-state index in [-0.39, 0.29) is 0 Å². The van der Waals surface area contributed by atoms with Crippen LogP contribution in [0.25, 0.3) is 0 Å². The van der Waals surface area contributed by atoms with Gasteiger partial charge < -0.3 is 16.4 Å². The molecule has 2 aromatic rings. The van der Waals surface area contributed by atoms with Crippen molar-refractivity contribution in [1.82, 2.24) is 0 Å². The van der Waals surface area contributed by atoms with E-state index in [4.69, 9.17) is 11.5 Å². The normalized spacial score (nSPS) is 13.4. The summed E-state index contributed by atoms with van der Waals surface area (Å²) in [7, 11) is 0. The molecule has 0 radical (unpaired) electrons. The number of nitrogens with two attached hydrogens (primary N) is 2. The fraction of sp³-hybridized carbons (Fsp3) is 0.133. The molecule has 0 atom stereocenters. The van der Waals surface area contributed by atoms with Crippen molar-refractivity contribution in [2.75, 3.05) is 17.2 Å². The fourth-order valence-corrected chi connectivity index (χ4v) is 2.57. The molecule has 1 aliphatic heterocycles. The van der Waals surface area contributed by atoms with Crippen LogP contribution in [0.15, 0.2) is 42.5 Å². The Bertz CT molecular complexity index is 652. The molecule has 0 aliphatic carbocycles. The minimum atomic E-state index is -0.452. The standard InChI is InChI=1S/C15H15N3O/c16-11-5-6-14(12(9-11)15(17)19)18-8-7-10-3-1-2-4-13(10)18/h1-6,9H,7-8,16H2,(H2,17,19). The Kier molecular flexibility index (Phi) is 2.63. The molecule has 1 aliphatic rings. The third-order valence-electron chi connectivity index (χ3n) is 3.46. The van der Waals surface area contributed by atoms with Gasteiger partial charge in [-0.3, -0.25) is 4.79 Å². The Labute approximate surface area is 111 Å². The van der Waals surface area contributed by atoms with Crippen molar-refractivity contribution >= 4 is 23.0 Å². The Morgan fingerprint density at radius 2 is 1.89 bits per heavy atom. The van der Waals surface area contributed by atoms with Crippen molar-refractivity contribution < 1.29 is 4.79 Å². The van der Waals surface area contributed by atoms with Crippen LogP contribution in [0.2, 0.25) is 0 Å². The molecule has 0 fully saturated rings. The van der Waals surface area contributed by atoms with E-state index in [0.29, 0.717) is 11.3 Å². The van der Waals surface area contributed by atoms with Crippen molar-refractivity contribution in [1.29, 1.82) is 0 Å². The molecule has 96 valence electrons. The van der Waals surface area contributed by atoms with E-state index in [1.54, 1.807) is 12.1 Å². The molecule has 0 saturated carbocycles. The number of carbonyl (C=O) groups is 1. The van der Waals surface area contributed by atoms with Gasteiger partial charge in [0.25, 0.3) is 5.91 Å². The molecular formula is C15H15N3O. The molecule has 4 N–H and O–H groups in total. The number of primary amides is 1. The van der Waals surface area contributed by atoms with Crippen molar-refractivity contribution in [3.8, 4) is 0 Å². The number of hydrogen-bond donors (Lipinski definition) is 2. The van der Waals surface area contributed by atoms with Crippen molar-refractivity contribution in [3.05, 3.63) is 53.6 Å². The van der Waals surface area contributed by atoms with Gasteiger partial charge in [0.1, 0.15) is 0 Å². The molecule has 2 aromatic carbocycles. The van der Waals surface area contributed by atoms with Gasteiger partial charge in [-0.2, -0.15) is 0 Å². The summed E-state index contributed by atoms with van der Waals surface area (Å²) in [5.74, 6) is -0.452. The monoisotopic (exact) mass is 253 g/mol. The maximum Gasteiger partial charge on any atom is 0.250 e. The van der Waals surface area contributed by atoms with Crippen molar-refractivity contribution in [2.45, 2.75) is 6.42 Å². The number of anilines is 3. The Morgan fingerprint density at radius 1 is 1.11 bits per heavy atom. The van der Waals surface area contributed by atoms with E-state index < -0.39 is 5.91 Å². The number of hydrogen-bond acceptors (Lipinski definition) is 3. The average molecular weight is 253 g/mol. The summed E-state index contributed by atoms with van der Waals surface area (Å²) in [4.78, 5) is 13.7. The van der Waals surface area contributed by atoms with E-state index in [1.807, 2.05) is 18.2 Å². The highest BCUT2D eigenvalue weighted by atomic mass is 16.1. The first kappa shape index (κ1) is 11.6. The SMILES string of the molecule is NC(=O)c1cc(N)ccc1N1CCc2ccccc21. The zero-order chi connectivity index (χ0) is 13.4. The molecule has 19 heavy (non-hydrogen) atoms. The number of benzene rings is 2. The van der Waals surface area contributed by atoms with Gasteiger partial charge in [-0.05, 0) is 36.2 Å². The molecule has 0 spiro atoms. The maximum atomic E-state index is 11.6. The summed E-state index contributed by atoms with van der Waals surface area (Å²) in [6.45, 7) is 0.851. The van der Waals surface area contributed by atoms with E-state index >= 15 is 0 Å². The summed E-state index contributed by atoms with van der Waals surface area (Å²) in [6.07, 6.45) is 0.971. The Hall–Kier alpha value is -2.49. The molecule has 0 saturated heterocycles. The van der Waals surface area contributed by atoms with Gasteiger partial charge >= 0.3 is 0 Å². The van der Waals surface area contributed by atoms with Crippen molar-refractivity contribution in [2.24, 2.45) is 5.73 Å². The van der Waals surface area contributed by atoms with Gasteiger partial charge in [-0.1, -0.05) is 18.2 Å². The van der Waals surface area contributed by atoms with Crippen LogP contribution < -0.4 is 16.4 Å². The van der Waals surface area contributed by atoms with E-state index in [9.17, 15) is 4.79 Å². The van der Waals surface area contributed by atoms with Crippen LogP contribution in [0.3, 0.4) is 0 Å². The molecule has 3 rings (SSSR count). The fourth-order valence-electron chi connectivity index (χ4n) is 2.57. The number of fused-ring (bicyclic) bond motifs is 1. The Balaban J connectivity index is 2.12. The third kappa shape index (κ3) is 1.91. The van der Waals surface area contributed by atoms with Crippen molar-refractivity contribution in [3.63, 3.8) is 0 Å². The van der Waals surface area contributed by atoms with Crippen LogP contribution in [0.5, 0.6) is 0 Å². The van der Waals surface area contributed by atoms with Crippen LogP contribution in [-0.4, -0.2) is 12.5 Å². The predicted molar refractivity (Wildman–Crippen MR) is 76.5 cm³/mol. The number of para-hydroxylation sites is 1. The topological polar surface area (TPSA) is 72.3 Å². The molecule has 0 bridgehead atoms. The first-order valence-corrected chi connectivity index (χ1v) is 6.21. The predicted octanol–water partition coefficient (Wildman–Crippen LogP) is 2.06. The first-order chi connectivity index (χ1) is 9.16. The lowest BCUT2D eigenvalue weighted by Crippen LogP contribution is -2.20. The lowest BCUT2D eigenvalue weighted by atomic mass is 10.1. The van der Waals surface area contributed by atoms with Crippen LogP contribution >= 0.6 is 0 Å². The maximum absolute atomic E-state index is 11.6. The summed E-state index contributed by atoms with van der Waals surface area (Å²) in [5.41, 5.74) is 15.4.